The van der Waals surface area contributed by atoms with E-state index in [0.717, 1.165) is 28.2 Å². The highest BCUT2D eigenvalue weighted by Crippen LogP contribution is 2.24. The van der Waals surface area contributed by atoms with Crippen LogP contribution < -0.4 is 10.0 Å². The van der Waals surface area contributed by atoms with Crippen LogP contribution in [-0.4, -0.2) is 23.9 Å². The van der Waals surface area contributed by atoms with Crippen LogP contribution in [0.5, 0.6) is 0 Å². The molecule has 10 heteroatoms. The molecular weight excluding hydrogens is 458 g/mol. The number of thiazole rings is 1. The number of aromatic nitrogens is 1. The zero-order valence-electron chi connectivity index (χ0n) is 16.6. The quantitative estimate of drug-likeness (QED) is 0.402. The highest BCUT2D eigenvalue weighted by molar-refractivity contribution is 7.87. The molecular formula is C21H21ClN3O4S2. The molecule has 1 amide bonds. The fourth-order valence-electron chi connectivity index (χ4n) is 2.92. The van der Waals surface area contributed by atoms with Crippen LogP contribution in [0.2, 0.25) is 5.02 Å². The zero-order chi connectivity index (χ0) is 22.4. The van der Waals surface area contributed by atoms with Crippen molar-refractivity contribution in [2.75, 3.05) is 4.72 Å². The number of amides is 1. The van der Waals surface area contributed by atoms with Crippen molar-refractivity contribution < 1.29 is 17.8 Å². The number of benzene rings is 2. The van der Waals surface area contributed by atoms with Gasteiger partial charge in [0.05, 0.1) is 23.8 Å². The summed E-state index contributed by atoms with van der Waals surface area (Å²) < 4.78 is 32.7. The first-order valence-corrected chi connectivity index (χ1v) is 12.2. The van der Waals surface area contributed by atoms with Crippen molar-refractivity contribution in [1.29, 1.82) is 0 Å². The maximum atomic E-state index is 12.7. The minimum Gasteiger partial charge on any atom is -0.346 e. The molecule has 1 unspecified atom stereocenters. The summed E-state index contributed by atoms with van der Waals surface area (Å²) in [7, 11) is -4.35. The van der Waals surface area contributed by atoms with Crippen molar-refractivity contribution in [2.24, 2.45) is 0 Å². The number of nitrogens with zero attached hydrogens (tertiary/aromatic N) is 1. The standard InChI is InChI=1S/C21H21ClN3O4S2/c1-2-16-13-30-21(23-16)19(24-20(26)12-15-5-3-4-6-18(15)22)11-14-7-9-17(10-8-14)25-31(27,28)29/h3-7,9-10,13,19,25H,2,11-12H2,1H3,(H,24,26)(H,27,28,29). The Morgan fingerprint density at radius 1 is 1.29 bits per heavy atom. The molecule has 31 heavy (non-hydrogen) atoms. The largest absolute Gasteiger partial charge is 0.357 e. The van der Waals surface area contributed by atoms with Gasteiger partial charge in [-0.3, -0.25) is 14.1 Å². The van der Waals surface area contributed by atoms with Gasteiger partial charge in [-0.25, -0.2) is 4.98 Å². The third-order valence-electron chi connectivity index (χ3n) is 4.42. The minimum atomic E-state index is -4.35. The number of hydrogen-bond acceptors (Lipinski definition) is 5. The van der Waals surface area contributed by atoms with Crippen LogP contribution in [0.3, 0.4) is 0 Å². The summed E-state index contributed by atoms with van der Waals surface area (Å²) in [6.45, 7) is 2.01. The second-order valence-electron chi connectivity index (χ2n) is 6.80. The molecule has 1 heterocycles. The first-order valence-electron chi connectivity index (χ1n) is 9.46. The molecule has 0 aliphatic rings. The maximum absolute atomic E-state index is 12.7. The third kappa shape index (κ3) is 7.03. The number of hydrogen-bond donors (Lipinski definition) is 3. The second kappa shape index (κ2) is 10.2. The first kappa shape index (κ1) is 23.2. The van der Waals surface area contributed by atoms with Gasteiger partial charge in [-0.05, 0) is 48.2 Å². The smallest absolute Gasteiger partial charge is 0.346 e. The summed E-state index contributed by atoms with van der Waals surface area (Å²) >= 11 is 7.65. The number of halogens is 1. The topological polar surface area (TPSA) is 108 Å². The van der Waals surface area contributed by atoms with Crippen LogP contribution in [0.25, 0.3) is 0 Å². The Kier molecular flexibility index (Phi) is 7.66. The number of carbonyl (C=O) groups is 1. The fourth-order valence-corrected chi connectivity index (χ4v) is 4.50. The maximum Gasteiger partial charge on any atom is 0.357 e. The Hall–Kier alpha value is -2.46. The molecule has 3 N–H and O–H groups in total. The van der Waals surface area contributed by atoms with Crippen molar-refractivity contribution in [3.8, 4) is 0 Å². The Morgan fingerprint density at radius 3 is 2.68 bits per heavy atom. The minimum absolute atomic E-state index is 0.142. The summed E-state index contributed by atoms with van der Waals surface area (Å²) in [6.07, 6.45) is 1.35. The van der Waals surface area contributed by atoms with Crippen LogP contribution >= 0.6 is 22.9 Å². The van der Waals surface area contributed by atoms with Gasteiger partial charge in [-0.15, -0.1) is 11.3 Å². The van der Waals surface area contributed by atoms with E-state index >= 15 is 0 Å². The van der Waals surface area contributed by atoms with Gasteiger partial charge in [-0.2, -0.15) is 8.42 Å². The Balaban J connectivity index is 1.76. The molecule has 3 rings (SSSR count). The van der Waals surface area contributed by atoms with Crippen LogP contribution in [0.1, 0.15) is 34.8 Å². The van der Waals surface area contributed by atoms with E-state index in [0.29, 0.717) is 11.4 Å². The van der Waals surface area contributed by atoms with Crippen molar-refractivity contribution in [1.82, 2.24) is 10.3 Å². The lowest BCUT2D eigenvalue weighted by molar-refractivity contribution is -0.121. The number of anilines is 1. The lowest BCUT2D eigenvalue weighted by Gasteiger charge is -2.17. The van der Waals surface area contributed by atoms with Gasteiger partial charge in [0.1, 0.15) is 5.01 Å². The van der Waals surface area contributed by atoms with Gasteiger partial charge >= 0.3 is 10.3 Å². The molecule has 2 aromatic carbocycles. The highest BCUT2D eigenvalue weighted by atomic mass is 35.5. The van der Waals surface area contributed by atoms with Crippen molar-refractivity contribution in [3.05, 3.63) is 80.8 Å². The van der Waals surface area contributed by atoms with Crippen LogP contribution in [0.15, 0.2) is 47.8 Å². The third-order valence-corrected chi connectivity index (χ3v) is 6.29. The van der Waals surface area contributed by atoms with Crippen LogP contribution in [-0.2, 0) is 34.4 Å². The molecule has 0 bridgehead atoms. The SMILES string of the molecule is CCc1csc(C(Cc2[c]cc(NS(=O)(=O)O)cc2)NC(=O)Cc2ccccc2Cl)n1. The molecule has 1 radical (unpaired) electrons. The molecule has 1 aromatic heterocycles. The number of rotatable bonds is 9. The summed E-state index contributed by atoms with van der Waals surface area (Å²) in [5, 5.41) is 6.30. The molecule has 163 valence electrons. The number of carbonyl (C=O) groups excluding carboxylic acids is 1. The molecule has 0 aliphatic carbocycles. The predicted octanol–water partition coefficient (Wildman–Crippen LogP) is 4.02. The fraction of sp³-hybridized carbons (Fsp3) is 0.238. The molecule has 7 nitrogen and oxygen atoms in total. The predicted molar refractivity (Wildman–Crippen MR) is 122 cm³/mol. The van der Waals surface area contributed by atoms with Crippen molar-refractivity contribution >= 4 is 44.8 Å². The summed E-state index contributed by atoms with van der Waals surface area (Å²) in [4.78, 5) is 17.3. The average molecular weight is 479 g/mol. The van der Waals surface area contributed by atoms with Gasteiger partial charge in [0.15, 0.2) is 0 Å². The molecule has 1 atom stereocenters. The number of nitrogens with one attached hydrogen (secondary N) is 2. The van der Waals surface area contributed by atoms with E-state index in [2.05, 4.69) is 16.4 Å². The molecule has 3 aromatic rings. The summed E-state index contributed by atoms with van der Waals surface area (Å²) in [5.41, 5.74) is 2.62. The Labute approximate surface area is 190 Å². The zero-order valence-corrected chi connectivity index (χ0v) is 19.0. The molecule has 0 aliphatic heterocycles. The van der Waals surface area contributed by atoms with Crippen LogP contribution in [0.4, 0.5) is 5.69 Å². The van der Waals surface area contributed by atoms with E-state index in [9.17, 15) is 13.2 Å². The summed E-state index contributed by atoms with van der Waals surface area (Å²) in [6, 6.07) is 14.4. The van der Waals surface area contributed by atoms with E-state index in [-0.39, 0.29) is 24.1 Å². The van der Waals surface area contributed by atoms with Gasteiger partial charge in [0.2, 0.25) is 5.91 Å². The van der Waals surface area contributed by atoms with Crippen molar-refractivity contribution in [2.45, 2.75) is 32.2 Å². The van der Waals surface area contributed by atoms with E-state index in [1.54, 1.807) is 12.1 Å². The lowest BCUT2D eigenvalue weighted by Crippen LogP contribution is -2.31. The molecule has 0 spiro atoms. The van der Waals surface area contributed by atoms with Gasteiger partial charge in [0.25, 0.3) is 0 Å². The van der Waals surface area contributed by atoms with E-state index in [1.165, 1.54) is 23.5 Å². The van der Waals surface area contributed by atoms with Gasteiger partial charge in [-0.1, -0.05) is 42.8 Å². The van der Waals surface area contributed by atoms with Crippen molar-refractivity contribution in [3.63, 3.8) is 0 Å². The average Bonchev–Trinajstić information content (AvgIpc) is 3.19. The van der Waals surface area contributed by atoms with E-state index in [1.807, 2.05) is 35.2 Å². The molecule has 0 fully saturated rings. The van der Waals surface area contributed by atoms with Crippen LogP contribution in [0, 0.1) is 6.07 Å². The first-order chi connectivity index (χ1) is 14.7. The van der Waals surface area contributed by atoms with Gasteiger partial charge < -0.3 is 5.32 Å². The second-order valence-corrected chi connectivity index (χ2v) is 9.25. The number of aryl methyl sites for hydroxylation is 1. The lowest BCUT2D eigenvalue weighted by atomic mass is 10.0. The molecule has 0 saturated heterocycles. The van der Waals surface area contributed by atoms with E-state index in [4.69, 9.17) is 16.2 Å². The summed E-state index contributed by atoms with van der Waals surface area (Å²) in [5.74, 6) is -0.184. The molecule has 0 saturated carbocycles. The highest BCUT2D eigenvalue weighted by Gasteiger charge is 2.20. The van der Waals surface area contributed by atoms with E-state index < -0.39 is 10.3 Å². The van der Waals surface area contributed by atoms with Gasteiger partial charge in [0, 0.05) is 10.4 Å². The monoisotopic (exact) mass is 478 g/mol. The Morgan fingerprint density at radius 2 is 2.06 bits per heavy atom. The normalized spacial score (nSPS) is 12.4. The Bertz CT molecular complexity index is 1150.